The molecule has 3 fully saturated rings. The van der Waals surface area contributed by atoms with Crippen LogP contribution in [0.25, 0.3) is 0 Å². The summed E-state index contributed by atoms with van der Waals surface area (Å²) >= 11 is 0. The lowest BCUT2D eigenvalue weighted by atomic mass is 10.2. The maximum absolute atomic E-state index is 3.78. The first-order valence-electron chi connectivity index (χ1n) is 6.73. The maximum atomic E-state index is 3.78. The van der Waals surface area contributed by atoms with Crippen LogP contribution in [0.1, 0.15) is 39.5 Å². The molecule has 1 saturated heterocycles. The third kappa shape index (κ3) is 2.21. The molecule has 2 aliphatic carbocycles. The topological polar surface area (TPSA) is 15.3 Å². The molecule has 2 saturated carbocycles. The van der Waals surface area contributed by atoms with Crippen molar-refractivity contribution < 1.29 is 0 Å². The van der Waals surface area contributed by atoms with Gasteiger partial charge in [0.15, 0.2) is 0 Å². The minimum atomic E-state index is 0.786. The minimum absolute atomic E-state index is 0.786. The molecule has 3 rings (SSSR count). The van der Waals surface area contributed by atoms with E-state index in [1.54, 1.807) is 0 Å². The monoisotopic (exact) mass is 208 g/mol. The highest BCUT2D eigenvalue weighted by molar-refractivity contribution is 4.96. The summed E-state index contributed by atoms with van der Waals surface area (Å²) < 4.78 is 0. The molecule has 0 aromatic carbocycles. The van der Waals surface area contributed by atoms with E-state index >= 15 is 0 Å². The lowest BCUT2D eigenvalue weighted by molar-refractivity contribution is 0.255. The standard InChI is InChI=1S/C13H24N2/c1-9-5-11(9)7-14-12-6-10(2)15(8-12)13-3-4-13/h9-14H,3-8H2,1-2H3. The number of likely N-dealkylation sites (tertiary alicyclic amines) is 1. The lowest BCUT2D eigenvalue weighted by Crippen LogP contribution is -2.35. The number of hydrogen-bond acceptors (Lipinski definition) is 2. The molecule has 4 unspecified atom stereocenters. The van der Waals surface area contributed by atoms with E-state index in [2.05, 4.69) is 24.1 Å². The van der Waals surface area contributed by atoms with Gasteiger partial charge in [-0.25, -0.2) is 0 Å². The predicted molar refractivity (Wildman–Crippen MR) is 62.9 cm³/mol. The second kappa shape index (κ2) is 3.74. The highest BCUT2D eigenvalue weighted by atomic mass is 15.3. The molecular formula is C13H24N2. The van der Waals surface area contributed by atoms with E-state index < -0.39 is 0 Å². The SMILES string of the molecule is CC1CC1CNC1CC(C)N(C2CC2)C1. The van der Waals surface area contributed by atoms with Gasteiger partial charge in [0, 0.05) is 24.7 Å². The van der Waals surface area contributed by atoms with Crippen molar-refractivity contribution in [1.29, 1.82) is 0 Å². The Hall–Kier alpha value is -0.0800. The third-order valence-electron chi connectivity index (χ3n) is 4.58. The van der Waals surface area contributed by atoms with E-state index in [1.165, 1.54) is 38.8 Å². The molecule has 2 nitrogen and oxygen atoms in total. The Balaban J connectivity index is 1.43. The van der Waals surface area contributed by atoms with Crippen molar-refractivity contribution in [2.45, 2.75) is 57.7 Å². The van der Waals surface area contributed by atoms with Crippen LogP contribution in [0.3, 0.4) is 0 Å². The fourth-order valence-corrected chi connectivity index (χ4v) is 3.12. The molecule has 2 heteroatoms. The van der Waals surface area contributed by atoms with Crippen LogP contribution in [0.2, 0.25) is 0 Å². The van der Waals surface area contributed by atoms with E-state index in [0.717, 1.165) is 30.0 Å². The van der Waals surface area contributed by atoms with Crippen LogP contribution >= 0.6 is 0 Å². The molecule has 1 heterocycles. The Morgan fingerprint density at radius 2 is 1.93 bits per heavy atom. The van der Waals surface area contributed by atoms with Crippen molar-refractivity contribution in [2.24, 2.45) is 11.8 Å². The van der Waals surface area contributed by atoms with Gasteiger partial charge >= 0.3 is 0 Å². The first kappa shape index (κ1) is 10.1. The molecule has 0 amide bonds. The minimum Gasteiger partial charge on any atom is -0.312 e. The largest absolute Gasteiger partial charge is 0.312 e. The Kier molecular flexibility index (Phi) is 2.52. The highest BCUT2D eigenvalue weighted by Crippen LogP contribution is 2.37. The highest BCUT2D eigenvalue weighted by Gasteiger charge is 2.39. The predicted octanol–water partition coefficient (Wildman–Crippen LogP) is 1.86. The molecule has 0 spiro atoms. The van der Waals surface area contributed by atoms with Crippen LogP contribution < -0.4 is 5.32 Å². The van der Waals surface area contributed by atoms with Crippen molar-refractivity contribution in [2.75, 3.05) is 13.1 Å². The fraction of sp³-hybridized carbons (Fsp3) is 1.00. The second-order valence-electron chi connectivity index (χ2n) is 6.09. The average Bonchev–Trinajstić information content (AvgIpc) is 3.09. The summed E-state index contributed by atoms with van der Waals surface area (Å²) in [6.45, 7) is 7.36. The summed E-state index contributed by atoms with van der Waals surface area (Å²) in [6, 6.07) is 2.56. The number of hydrogen-bond donors (Lipinski definition) is 1. The number of rotatable bonds is 4. The molecule has 0 aromatic heterocycles. The lowest BCUT2D eigenvalue weighted by Gasteiger charge is -2.19. The van der Waals surface area contributed by atoms with Crippen LogP contribution in [0.15, 0.2) is 0 Å². The zero-order chi connectivity index (χ0) is 10.4. The average molecular weight is 208 g/mol. The zero-order valence-corrected chi connectivity index (χ0v) is 10.1. The molecular weight excluding hydrogens is 184 g/mol. The van der Waals surface area contributed by atoms with E-state index in [-0.39, 0.29) is 0 Å². The molecule has 0 radical (unpaired) electrons. The van der Waals surface area contributed by atoms with Gasteiger partial charge in [-0.2, -0.15) is 0 Å². The first-order chi connectivity index (χ1) is 7.24. The first-order valence-corrected chi connectivity index (χ1v) is 6.73. The summed E-state index contributed by atoms with van der Waals surface area (Å²) in [4.78, 5) is 2.73. The van der Waals surface area contributed by atoms with Crippen molar-refractivity contribution >= 4 is 0 Å². The van der Waals surface area contributed by atoms with E-state index in [4.69, 9.17) is 0 Å². The summed E-state index contributed by atoms with van der Waals surface area (Å²) in [5, 5.41) is 3.78. The Bertz CT molecular complexity index is 237. The van der Waals surface area contributed by atoms with Crippen molar-refractivity contribution in [1.82, 2.24) is 10.2 Å². The molecule has 3 aliphatic rings. The molecule has 4 atom stereocenters. The number of nitrogens with zero attached hydrogens (tertiary/aromatic N) is 1. The van der Waals surface area contributed by atoms with Gasteiger partial charge < -0.3 is 5.32 Å². The van der Waals surface area contributed by atoms with Crippen LogP contribution in [-0.4, -0.2) is 36.1 Å². The maximum Gasteiger partial charge on any atom is 0.0210 e. The molecule has 0 bridgehead atoms. The van der Waals surface area contributed by atoms with Crippen molar-refractivity contribution in [3.05, 3.63) is 0 Å². The van der Waals surface area contributed by atoms with Gasteiger partial charge in [0.2, 0.25) is 0 Å². The smallest absolute Gasteiger partial charge is 0.0210 e. The van der Waals surface area contributed by atoms with Crippen LogP contribution in [0.4, 0.5) is 0 Å². The van der Waals surface area contributed by atoms with Crippen molar-refractivity contribution in [3.8, 4) is 0 Å². The second-order valence-corrected chi connectivity index (χ2v) is 6.09. The third-order valence-corrected chi connectivity index (χ3v) is 4.58. The van der Waals surface area contributed by atoms with Crippen LogP contribution in [0, 0.1) is 11.8 Å². The van der Waals surface area contributed by atoms with Gasteiger partial charge in [0.05, 0.1) is 0 Å². The van der Waals surface area contributed by atoms with Gasteiger partial charge in [-0.05, 0) is 51.0 Å². The van der Waals surface area contributed by atoms with Crippen LogP contribution in [-0.2, 0) is 0 Å². The van der Waals surface area contributed by atoms with Gasteiger partial charge in [-0.3, -0.25) is 4.90 Å². The van der Waals surface area contributed by atoms with Gasteiger partial charge in [-0.15, -0.1) is 0 Å². The van der Waals surface area contributed by atoms with Gasteiger partial charge in [0.25, 0.3) is 0 Å². The Morgan fingerprint density at radius 1 is 1.20 bits per heavy atom. The number of nitrogens with one attached hydrogen (secondary N) is 1. The van der Waals surface area contributed by atoms with E-state index in [9.17, 15) is 0 Å². The Morgan fingerprint density at radius 3 is 2.53 bits per heavy atom. The van der Waals surface area contributed by atoms with Crippen LogP contribution in [0.5, 0.6) is 0 Å². The van der Waals surface area contributed by atoms with E-state index in [0.29, 0.717) is 0 Å². The molecule has 1 N–H and O–H groups in total. The molecule has 0 aromatic rings. The van der Waals surface area contributed by atoms with Gasteiger partial charge in [-0.1, -0.05) is 6.92 Å². The molecule has 1 aliphatic heterocycles. The fourth-order valence-electron chi connectivity index (χ4n) is 3.12. The Labute approximate surface area is 93.4 Å². The summed E-state index contributed by atoms with van der Waals surface area (Å²) in [6.07, 6.45) is 5.74. The normalized spacial score (nSPS) is 46.0. The molecule has 15 heavy (non-hydrogen) atoms. The quantitative estimate of drug-likeness (QED) is 0.758. The van der Waals surface area contributed by atoms with Gasteiger partial charge in [0.1, 0.15) is 0 Å². The summed E-state index contributed by atoms with van der Waals surface area (Å²) in [7, 11) is 0. The van der Waals surface area contributed by atoms with Crippen molar-refractivity contribution in [3.63, 3.8) is 0 Å². The zero-order valence-electron chi connectivity index (χ0n) is 10.1. The summed E-state index contributed by atoms with van der Waals surface area (Å²) in [5.41, 5.74) is 0. The van der Waals surface area contributed by atoms with E-state index in [1.807, 2.05) is 0 Å². The molecule has 86 valence electrons. The summed E-state index contributed by atoms with van der Waals surface area (Å²) in [5.74, 6) is 1.99.